The van der Waals surface area contributed by atoms with E-state index < -0.39 is 0 Å². The fourth-order valence-corrected chi connectivity index (χ4v) is 1.75. The Bertz CT molecular complexity index is 494. The zero-order valence-corrected chi connectivity index (χ0v) is 10.4. The van der Waals surface area contributed by atoms with Crippen molar-refractivity contribution in [3.8, 4) is 11.5 Å². The van der Waals surface area contributed by atoms with Crippen LogP contribution >= 0.6 is 0 Å². The largest absolute Gasteiger partial charge is 0.486 e. The van der Waals surface area contributed by atoms with Crippen molar-refractivity contribution < 1.29 is 14.4 Å². The Morgan fingerprint density at radius 2 is 2.00 bits per heavy atom. The Hall–Kier alpha value is -2.04. The average Bonchev–Trinajstić information content (AvgIpc) is 2.35. The SMILES string of the molecule is CC(C)/C(=C/c1ccc2c(c1)OCCO2)[N+](=O)[O-]. The highest BCUT2D eigenvalue weighted by Gasteiger charge is 2.17. The first kappa shape index (κ1) is 12.4. The Balaban J connectivity index is 2.33. The summed E-state index contributed by atoms with van der Waals surface area (Å²) >= 11 is 0. The molecule has 1 aromatic rings. The van der Waals surface area contributed by atoms with E-state index in [-0.39, 0.29) is 16.5 Å². The Morgan fingerprint density at radius 1 is 1.33 bits per heavy atom. The van der Waals surface area contributed by atoms with Gasteiger partial charge in [0.15, 0.2) is 11.5 Å². The zero-order valence-electron chi connectivity index (χ0n) is 10.4. The van der Waals surface area contributed by atoms with Gasteiger partial charge in [0.1, 0.15) is 13.2 Å². The topological polar surface area (TPSA) is 61.6 Å². The van der Waals surface area contributed by atoms with Crippen LogP contribution in [0.2, 0.25) is 0 Å². The second-order valence-corrected chi connectivity index (χ2v) is 4.38. The van der Waals surface area contributed by atoms with Gasteiger partial charge in [-0.05, 0) is 17.7 Å². The minimum atomic E-state index is -0.346. The molecule has 0 unspecified atom stereocenters. The molecule has 0 saturated heterocycles. The van der Waals surface area contributed by atoms with Crippen molar-refractivity contribution in [3.63, 3.8) is 0 Å². The number of nitro groups is 1. The third-order valence-electron chi connectivity index (χ3n) is 2.68. The minimum Gasteiger partial charge on any atom is -0.486 e. The molecule has 0 fully saturated rings. The Morgan fingerprint density at radius 3 is 2.61 bits per heavy atom. The van der Waals surface area contributed by atoms with Gasteiger partial charge in [0.05, 0.1) is 4.92 Å². The van der Waals surface area contributed by atoms with Crippen LogP contribution in [0.25, 0.3) is 6.08 Å². The summed E-state index contributed by atoms with van der Waals surface area (Å²) in [5, 5.41) is 10.9. The molecular formula is C13H15NO4. The number of fused-ring (bicyclic) bond motifs is 1. The summed E-state index contributed by atoms with van der Waals surface area (Å²) in [4.78, 5) is 10.6. The molecule has 0 atom stereocenters. The number of allylic oxidation sites excluding steroid dienone is 1. The van der Waals surface area contributed by atoms with E-state index in [2.05, 4.69) is 0 Å². The maximum Gasteiger partial charge on any atom is 0.249 e. The van der Waals surface area contributed by atoms with E-state index in [1.807, 2.05) is 0 Å². The van der Waals surface area contributed by atoms with Crippen LogP contribution in [0.1, 0.15) is 19.4 Å². The first-order chi connectivity index (χ1) is 8.58. The van der Waals surface area contributed by atoms with E-state index >= 15 is 0 Å². The molecule has 1 aromatic carbocycles. The maximum atomic E-state index is 10.9. The third kappa shape index (κ3) is 2.61. The van der Waals surface area contributed by atoms with Crippen molar-refractivity contribution >= 4 is 6.08 Å². The number of ether oxygens (including phenoxy) is 2. The van der Waals surface area contributed by atoms with E-state index in [0.717, 1.165) is 5.56 Å². The van der Waals surface area contributed by atoms with Crippen LogP contribution in [-0.2, 0) is 0 Å². The number of rotatable bonds is 3. The molecule has 0 amide bonds. The highest BCUT2D eigenvalue weighted by Crippen LogP contribution is 2.31. The summed E-state index contributed by atoms with van der Waals surface area (Å²) in [5.74, 6) is 1.19. The van der Waals surface area contributed by atoms with Gasteiger partial charge in [-0.1, -0.05) is 19.9 Å². The highest BCUT2D eigenvalue weighted by atomic mass is 16.6. The van der Waals surface area contributed by atoms with Gasteiger partial charge in [-0.15, -0.1) is 0 Å². The molecule has 0 aromatic heterocycles. The van der Waals surface area contributed by atoms with Gasteiger partial charge in [-0.2, -0.15) is 0 Å². The second-order valence-electron chi connectivity index (χ2n) is 4.38. The molecule has 0 aliphatic carbocycles. The fraction of sp³-hybridized carbons (Fsp3) is 0.385. The summed E-state index contributed by atoms with van der Waals surface area (Å²) in [6.07, 6.45) is 1.57. The summed E-state index contributed by atoms with van der Waals surface area (Å²) in [7, 11) is 0. The van der Waals surface area contributed by atoms with Crippen molar-refractivity contribution in [3.05, 3.63) is 39.6 Å². The quantitative estimate of drug-likeness (QED) is 0.610. The molecule has 5 nitrogen and oxygen atoms in total. The first-order valence-electron chi connectivity index (χ1n) is 5.83. The third-order valence-corrected chi connectivity index (χ3v) is 2.68. The highest BCUT2D eigenvalue weighted by molar-refractivity contribution is 5.57. The molecule has 2 rings (SSSR count). The maximum absolute atomic E-state index is 10.9. The van der Waals surface area contributed by atoms with Crippen molar-refractivity contribution in [1.82, 2.24) is 0 Å². The van der Waals surface area contributed by atoms with Crippen molar-refractivity contribution in [2.24, 2.45) is 5.92 Å². The van der Waals surface area contributed by atoms with Gasteiger partial charge in [-0.25, -0.2) is 0 Å². The zero-order chi connectivity index (χ0) is 13.1. The molecule has 0 saturated carbocycles. The van der Waals surface area contributed by atoms with E-state index in [1.54, 1.807) is 38.1 Å². The van der Waals surface area contributed by atoms with Gasteiger partial charge in [0.2, 0.25) is 5.70 Å². The number of hydrogen-bond donors (Lipinski definition) is 0. The lowest BCUT2D eigenvalue weighted by atomic mass is 10.1. The average molecular weight is 249 g/mol. The van der Waals surface area contributed by atoms with E-state index in [9.17, 15) is 10.1 Å². The van der Waals surface area contributed by atoms with Gasteiger partial charge in [0.25, 0.3) is 0 Å². The van der Waals surface area contributed by atoms with Crippen LogP contribution in [-0.4, -0.2) is 18.1 Å². The predicted octanol–water partition coefficient (Wildman–Crippen LogP) is 2.73. The van der Waals surface area contributed by atoms with Crippen LogP contribution < -0.4 is 9.47 Å². The van der Waals surface area contributed by atoms with Crippen molar-refractivity contribution in [2.45, 2.75) is 13.8 Å². The first-order valence-corrected chi connectivity index (χ1v) is 5.83. The molecule has 1 aliphatic rings. The van der Waals surface area contributed by atoms with Crippen LogP contribution in [0, 0.1) is 16.0 Å². The molecule has 0 spiro atoms. The van der Waals surface area contributed by atoms with E-state index in [1.165, 1.54) is 0 Å². The van der Waals surface area contributed by atoms with Crippen LogP contribution in [0.15, 0.2) is 23.9 Å². The molecular weight excluding hydrogens is 234 g/mol. The van der Waals surface area contributed by atoms with E-state index in [4.69, 9.17) is 9.47 Å². The predicted molar refractivity (Wildman–Crippen MR) is 67.2 cm³/mol. The van der Waals surface area contributed by atoms with Gasteiger partial charge in [-0.3, -0.25) is 10.1 Å². The lowest BCUT2D eigenvalue weighted by molar-refractivity contribution is -0.431. The molecule has 96 valence electrons. The Labute approximate surface area is 105 Å². The van der Waals surface area contributed by atoms with Crippen molar-refractivity contribution in [2.75, 3.05) is 13.2 Å². The number of benzene rings is 1. The standard InChI is InChI=1S/C13H15NO4/c1-9(2)11(14(15)16)7-10-3-4-12-13(8-10)18-6-5-17-12/h3-4,7-9H,5-6H2,1-2H3/b11-7-. The molecule has 0 bridgehead atoms. The molecule has 1 aliphatic heterocycles. The molecule has 0 radical (unpaired) electrons. The monoisotopic (exact) mass is 249 g/mol. The van der Waals surface area contributed by atoms with Crippen LogP contribution in [0.3, 0.4) is 0 Å². The summed E-state index contributed by atoms with van der Waals surface area (Å²) in [6, 6.07) is 5.33. The second kappa shape index (κ2) is 5.08. The van der Waals surface area contributed by atoms with Gasteiger partial charge < -0.3 is 9.47 Å². The Kier molecular flexibility index (Phi) is 3.50. The van der Waals surface area contributed by atoms with E-state index in [0.29, 0.717) is 24.7 Å². The number of hydrogen-bond acceptors (Lipinski definition) is 4. The smallest absolute Gasteiger partial charge is 0.249 e. The summed E-state index contributed by atoms with van der Waals surface area (Å²) in [5.41, 5.74) is 0.936. The lowest BCUT2D eigenvalue weighted by Gasteiger charge is -2.18. The number of nitrogens with zero attached hydrogens (tertiary/aromatic N) is 1. The fourth-order valence-electron chi connectivity index (χ4n) is 1.75. The molecule has 18 heavy (non-hydrogen) atoms. The summed E-state index contributed by atoms with van der Waals surface area (Å²) in [6.45, 7) is 4.64. The van der Waals surface area contributed by atoms with Crippen molar-refractivity contribution in [1.29, 1.82) is 0 Å². The van der Waals surface area contributed by atoms with Crippen LogP contribution in [0.5, 0.6) is 11.5 Å². The lowest BCUT2D eigenvalue weighted by Crippen LogP contribution is -2.15. The molecule has 5 heteroatoms. The minimum absolute atomic E-state index is 0.131. The molecule has 0 N–H and O–H groups in total. The molecule has 1 heterocycles. The normalized spacial score (nSPS) is 14.7. The van der Waals surface area contributed by atoms with Crippen LogP contribution in [0.4, 0.5) is 0 Å². The van der Waals surface area contributed by atoms with Gasteiger partial charge >= 0.3 is 0 Å². The van der Waals surface area contributed by atoms with Gasteiger partial charge in [0, 0.05) is 12.0 Å². The summed E-state index contributed by atoms with van der Waals surface area (Å²) < 4.78 is 10.8.